The molecule has 0 bridgehead atoms. The highest BCUT2D eigenvalue weighted by molar-refractivity contribution is 5.85. The van der Waals surface area contributed by atoms with Gasteiger partial charge in [-0.05, 0) is 29.7 Å². The van der Waals surface area contributed by atoms with Crippen LogP contribution >= 0.6 is 0 Å². The molecule has 0 radical (unpaired) electrons. The van der Waals surface area contributed by atoms with Gasteiger partial charge in [-0.25, -0.2) is 0 Å². The molecule has 1 unspecified atom stereocenters. The molecule has 16 heavy (non-hydrogen) atoms. The normalized spacial score (nSPS) is 11.6. The van der Waals surface area contributed by atoms with Crippen molar-refractivity contribution in [2.45, 2.75) is 19.4 Å². The zero-order valence-electron chi connectivity index (χ0n) is 9.82. The molecule has 0 amide bonds. The minimum absolute atomic E-state index is 0.223. The SMILES string of the molecule is C=C.CC(N)Cc1cccc2ccccc12. The van der Waals surface area contributed by atoms with Gasteiger partial charge in [-0.3, -0.25) is 0 Å². The van der Waals surface area contributed by atoms with E-state index in [4.69, 9.17) is 5.73 Å². The number of rotatable bonds is 2. The van der Waals surface area contributed by atoms with Crippen LogP contribution in [0.4, 0.5) is 0 Å². The Bertz CT molecular complexity index is 441. The first-order valence-electron chi connectivity index (χ1n) is 5.49. The molecule has 0 aliphatic carbocycles. The lowest BCUT2D eigenvalue weighted by Crippen LogP contribution is -2.17. The molecular weight excluding hydrogens is 194 g/mol. The fourth-order valence-corrected chi connectivity index (χ4v) is 1.82. The van der Waals surface area contributed by atoms with E-state index in [9.17, 15) is 0 Å². The average Bonchev–Trinajstić information content (AvgIpc) is 2.31. The van der Waals surface area contributed by atoms with Gasteiger partial charge in [-0.15, -0.1) is 13.2 Å². The molecule has 2 aromatic rings. The zero-order valence-corrected chi connectivity index (χ0v) is 9.82. The Morgan fingerprint density at radius 3 is 2.38 bits per heavy atom. The van der Waals surface area contributed by atoms with Gasteiger partial charge < -0.3 is 5.73 Å². The molecule has 2 aromatic carbocycles. The lowest BCUT2D eigenvalue weighted by molar-refractivity contribution is 0.742. The molecule has 84 valence electrons. The van der Waals surface area contributed by atoms with Crippen molar-refractivity contribution in [1.29, 1.82) is 0 Å². The number of fused-ring (bicyclic) bond motifs is 1. The molecule has 0 spiro atoms. The van der Waals surface area contributed by atoms with E-state index in [1.807, 2.05) is 6.92 Å². The maximum absolute atomic E-state index is 5.82. The maximum Gasteiger partial charge on any atom is 0.00511 e. The van der Waals surface area contributed by atoms with Gasteiger partial charge in [0.15, 0.2) is 0 Å². The first-order chi connectivity index (χ1) is 7.77. The van der Waals surface area contributed by atoms with Crippen molar-refractivity contribution in [1.82, 2.24) is 0 Å². The number of hydrogen-bond donors (Lipinski definition) is 1. The molecule has 0 aliphatic rings. The second-order valence-electron chi connectivity index (χ2n) is 3.82. The quantitative estimate of drug-likeness (QED) is 0.759. The van der Waals surface area contributed by atoms with E-state index >= 15 is 0 Å². The standard InChI is InChI=1S/C13H15N.C2H4/c1-10(14)9-12-7-4-6-11-5-2-3-8-13(11)12;1-2/h2-8,10H,9,14H2,1H3;1-2H2. The van der Waals surface area contributed by atoms with Gasteiger partial charge in [0.05, 0.1) is 0 Å². The van der Waals surface area contributed by atoms with E-state index in [0.717, 1.165) is 6.42 Å². The molecular formula is C15H19N. The van der Waals surface area contributed by atoms with Crippen molar-refractivity contribution in [3.05, 3.63) is 61.2 Å². The van der Waals surface area contributed by atoms with Crippen molar-refractivity contribution in [3.8, 4) is 0 Å². The van der Waals surface area contributed by atoms with Crippen LogP contribution in [0, 0.1) is 0 Å². The molecule has 0 saturated heterocycles. The van der Waals surface area contributed by atoms with Crippen molar-refractivity contribution >= 4 is 10.8 Å². The third-order valence-electron chi connectivity index (χ3n) is 2.42. The summed E-state index contributed by atoms with van der Waals surface area (Å²) >= 11 is 0. The minimum atomic E-state index is 0.223. The fourth-order valence-electron chi connectivity index (χ4n) is 1.82. The number of benzene rings is 2. The molecule has 0 heterocycles. The fraction of sp³-hybridized carbons (Fsp3) is 0.200. The number of nitrogens with two attached hydrogens (primary N) is 1. The summed E-state index contributed by atoms with van der Waals surface area (Å²) in [5.74, 6) is 0. The van der Waals surface area contributed by atoms with E-state index in [2.05, 4.69) is 55.6 Å². The van der Waals surface area contributed by atoms with Crippen molar-refractivity contribution < 1.29 is 0 Å². The molecule has 0 fully saturated rings. The highest BCUT2D eigenvalue weighted by Gasteiger charge is 2.01. The predicted octanol–water partition coefficient (Wildman–Crippen LogP) is 3.53. The van der Waals surface area contributed by atoms with E-state index in [-0.39, 0.29) is 6.04 Å². The molecule has 2 rings (SSSR count). The second kappa shape index (κ2) is 6.09. The molecule has 0 aromatic heterocycles. The largest absolute Gasteiger partial charge is 0.328 e. The lowest BCUT2D eigenvalue weighted by atomic mass is 10.00. The van der Waals surface area contributed by atoms with Gasteiger partial charge >= 0.3 is 0 Å². The zero-order chi connectivity index (χ0) is 12.0. The van der Waals surface area contributed by atoms with Crippen molar-refractivity contribution in [3.63, 3.8) is 0 Å². The van der Waals surface area contributed by atoms with Crippen molar-refractivity contribution in [2.75, 3.05) is 0 Å². The van der Waals surface area contributed by atoms with Gasteiger partial charge in [0.1, 0.15) is 0 Å². The van der Waals surface area contributed by atoms with Gasteiger partial charge in [-0.2, -0.15) is 0 Å². The summed E-state index contributed by atoms with van der Waals surface area (Å²) in [6, 6.07) is 15.1. The topological polar surface area (TPSA) is 26.0 Å². The summed E-state index contributed by atoms with van der Waals surface area (Å²) in [5.41, 5.74) is 7.16. The minimum Gasteiger partial charge on any atom is -0.328 e. The van der Waals surface area contributed by atoms with Crippen LogP contribution in [0.25, 0.3) is 10.8 Å². The third-order valence-corrected chi connectivity index (χ3v) is 2.42. The first kappa shape index (κ1) is 12.5. The Balaban J connectivity index is 0.000000606. The van der Waals surface area contributed by atoms with E-state index in [1.165, 1.54) is 16.3 Å². The Kier molecular flexibility index (Phi) is 4.74. The highest BCUT2D eigenvalue weighted by atomic mass is 14.6. The monoisotopic (exact) mass is 213 g/mol. The molecule has 0 saturated carbocycles. The first-order valence-corrected chi connectivity index (χ1v) is 5.49. The van der Waals surface area contributed by atoms with E-state index in [0.29, 0.717) is 0 Å². The molecule has 1 nitrogen and oxygen atoms in total. The summed E-state index contributed by atoms with van der Waals surface area (Å²) < 4.78 is 0. The van der Waals surface area contributed by atoms with Crippen LogP contribution in [0.15, 0.2) is 55.6 Å². The van der Waals surface area contributed by atoms with Crippen LogP contribution in [-0.2, 0) is 6.42 Å². The molecule has 2 N–H and O–H groups in total. The Morgan fingerprint density at radius 2 is 1.69 bits per heavy atom. The smallest absolute Gasteiger partial charge is 0.00511 e. The van der Waals surface area contributed by atoms with Crippen LogP contribution in [0.2, 0.25) is 0 Å². The predicted molar refractivity (Wildman–Crippen MR) is 72.6 cm³/mol. The summed E-state index contributed by atoms with van der Waals surface area (Å²) in [6.45, 7) is 8.04. The van der Waals surface area contributed by atoms with Crippen LogP contribution < -0.4 is 5.73 Å². The Labute approximate surface area is 97.6 Å². The molecule has 0 aliphatic heterocycles. The van der Waals surface area contributed by atoms with E-state index in [1.54, 1.807) is 0 Å². The summed E-state index contributed by atoms with van der Waals surface area (Å²) in [6.07, 6.45) is 0.946. The highest BCUT2D eigenvalue weighted by Crippen LogP contribution is 2.19. The van der Waals surface area contributed by atoms with Crippen LogP contribution in [0.3, 0.4) is 0 Å². The third kappa shape index (κ3) is 2.94. The van der Waals surface area contributed by atoms with Crippen molar-refractivity contribution in [2.24, 2.45) is 5.73 Å². The molecule has 1 heteroatoms. The summed E-state index contributed by atoms with van der Waals surface area (Å²) in [7, 11) is 0. The van der Waals surface area contributed by atoms with Gasteiger partial charge in [0.2, 0.25) is 0 Å². The summed E-state index contributed by atoms with van der Waals surface area (Å²) in [5, 5.41) is 2.62. The maximum atomic E-state index is 5.82. The summed E-state index contributed by atoms with van der Waals surface area (Å²) in [4.78, 5) is 0. The van der Waals surface area contributed by atoms with Crippen LogP contribution in [0.1, 0.15) is 12.5 Å². The second-order valence-corrected chi connectivity index (χ2v) is 3.82. The molecule has 1 atom stereocenters. The van der Waals surface area contributed by atoms with E-state index < -0.39 is 0 Å². The Morgan fingerprint density at radius 1 is 1.06 bits per heavy atom. The van der Waals surface area contributed by atoms with Gasteiger partial charge in [-0.1, -0.05) is 42.5 Å². The number of hydrogen-bond acceptors (Lipinski definition) is 1. The lowest BCUT2D eigenvalue weighted by Gasteiger charge is -2.08. The van der Waals surface area contributed by atoms with Crippen LogP contribution in [0.5, 0.6) is 0 Å². The van der Waals surface area contributed by atoms with Gasteiger partial charge in [0.25, 0.3) is 0 Å². The van der Waals surface area contributed by atoms with Gasteiger partial charge in [0, 0.05) is 6.04 Å². The van der Waals surface area contributed by atoms with Crippen LogP contribution in [-0.4, -0.2) is 6.04 Å². The Hall–Kier alpha value is -1.60. The average molecular weight is 213 g/mol.